The number of carbonyl (C=O) groups is 1. The van der Waals surface area contributed by atoms with Crippen LogP contribution in [0.25, 0.3) is 0 Å². The molecule has 2 atom stereocenters. The molecule has 21 heavy (non-hydrogen) atoms. The molecular weight excluding hydrogens is 268 g/mol. The first kappa shape index (κ1) is 15.8. The Morgan fingerprint density at radius 1 is 1.48 bits per heavy atom. The van der Waals surface area contributed by atoms with Crippen molar-refractivity contribution in [3.63, 3.8) is 0 Å². The van der Waals surface area contributed by atoms with Gasteiger partial charge in [0, 0.05) is 19.7 Å². The van der Waals surface area contributed by atoms with Gasteiger partial charge in [-0.25, -0.2) is 4.98 Å². The lowest BCUT2D eigenvalue weighted by atomic mass is 9.86. The highest BCUT2D eigenvalue weighted by atomic mass is 16.5. The van der Waals surface area contributed by atoms with E-state index >= 15 is 0 Å². The van der Waals surface area contributed by atoms with Crippen molar-refractivity contribution in [2.75, 3.05) is 25.7 Å². The van der Waals surface area contributed by atoms with Gasteiger partial charge in [0.25, 0.3) is 0 Å². The van der Waals surface area contributed by atoms with Gasteiger partial charge in [0.2, 0.25) is 11.8 Å². The Morgan fingerprint density at radius 2 is 2.24 bits per heavy atom. The molecule has 0 saturated carbocycles. The van der Waals surface area contributed by atoms with E-state index in [1.54, 1.807) is 31.3 Å². The van der Waals surface area contributed by atoms with E-state index in [2.05, 4.69) is 18.8 Å². The Balaban J connectivity index is 2.12. The third kappa shape index (κ3) is 3.53. The third-order valence-corrected chi connectivity index (χ3v) is 3.99. The first-order chi connectivity index (χ1) is 10.0. The number of aromatic nitrogens is 1. The molecule has 0 bridgehead atoms. The Hall–Kier alpha value is -1.62. The smallest absolute Gasteiger partial charge is 0.232 e. The lowest BCUT2D eigenvalue weighted by Gasteiger charge is -2.35. The van der Waals surface area contributed by atoms with Crippen molar-refractivity contribution in [3.05, 3.63) is 18.3 Å². The van der Waals surface area contributed by atoms with Crippen LogP contribution in [-0.4, -0.2) is 37.8 Å². The highest BCUT2D eigenvalue weighted by Gasteiger charge is 2.35. The van der Waals surface area contributed by atoms with Crippen LogP contribution in [0.3, 0.4) is 0 Å². The van der Waals surface area contributed by atoms with Crippen LogP contribution in [0.15, 0.2) is 18.3 Å². The molecule has 2 rings (SSSR count). The summed E-state index contributed by atoms with van der Waals surface area (Å²) < 4.78 is 10.9. The fraction of sp³-hybridized carbons (Fsp3) is 0.625. The van der Waals surface area contributed by atoms with Crippen LogP contribution in [0.2, 0.25) is 0 Å². The van der Waals surface area contributed by atoms with Gasteiger partial charge in [-0.2, -0.15) is 0 Å². The summed E-state index contributed by atoms with van der Waals surface area (Å²) in [4.78, 5) is 18.6. The number of carbonyl (C=O) groups excluding carboxylic acids is 1. The molecule has 2 heterocycles. The van der Waals surface area contributed by atoms with Gasteiger partial charge in [-0.15, -0.1) is 0 Å². The molecule has 1 aromatic heterocycles. The van der Waals surface area contributed by atoms with Crippen LogP contribution in [0.1, 0.15) is 26.7 Å². The number of hydrogen-bond acceptors (Lipinski definition) is 4. The molecule has 0 aliphatic carbocycles. The standard InChI is InChI=1S/C16H24N2O3/c1-11(2)15-13(6-5-9-21-15)16(19)18(3)12-7-8-14(20-4)17-10-12/h7-8,10-11,13,15H,5-6,9H2,1-4H3. The largest absolute Gasteiger partial charge is 0.481 e. The number of hydrogen-bond donors (Lipinski definition) is 0. The summed E-state index contributed by atoms with van der Waals surface area (Å²) >= 11 is 0. The number of rotatable bonds is 4. The molecule has 0 N–H and O–H groups in total. The van der Waals surface area contributed by atoms with Crippen LogP contribution in [0.5, 0.6) is 5.88 Å². The van der Waals surface area contributed by atoms with Gasteiger partial charge in [-0.3, -0.25) is 4.79 Å². The molecule has 1 aliphatic heterocycles. The zero-order chi connectivity index (χ0) is 15.4. The normalized spacial score (nSPS) is 22.1. The number of amides is 1. The maximum atomic E-state index is 12.8. The maximum Gasteiger partial charge on any atom is 0.232 e. The molecule has 0 aromatic carbocycles. The number of pyridine rings is 1. The van der Waals surface area contributed by atoms with Crippen LogP contribution < -0.4 is 9.64 Å². The zero-order valence-corrected chi connectivity index (χ0v) is 13.2. The second-order valence-corrected chi connectivity index (χ2v) is 5.78. The van der Waals surface area contributed by atoms with E-state index in [9.17, 15) is 4.79 Å². The molecular formula is C16H24N2O3. The third-order valence-electron chi connectivity index (χ3n) is 3.99. The summed E-state index contributed by atoms with van der Waals surface area (Å²) in [5, 5.41) is 0. The van der Waals surface area contributed by atoms with Gasteiger partial charge in [0.1, 0.15) is 0 Å². The first-order valence-electron chi connectivity index (χ1n) is 7.43. The average molecular weight is 292 g/mol. The van der Waals surface area contributed by atoms with Gasteiger partial charge < -0.3 is 14.4 Å². The van der Waals surface area contributed by atoms with Gasteiger partial charge >= 0.3 is 0 Å². The monoisotopic (exact) mass is 292 g/mol. The van der Waals surface area contributed by atoms with Gasteiger partial charge in [0.15, 0.2) is 0 Å². The second kappa shape index (κ2) is 6.89. The van der Waals surface area contributed by atoms with Crippen molar-refractivity contribution in [2.24, 2.45) is 11.8 Å². The van der Waals surface area contributed by atoms with E-state index in [0.29, 0.717) is 11.8 Å². The SMILES string of the molecule is COc1ccc(N(C)C(=O)C2CCCOC2C(C)C)cn1. The van der Waals surface area contributed by atoms with Crippen molar-refractivity contribution in [1.82, 2.24) is 4.98 Å². The average Bonchev–Trinajstić information content (AvgIpc) is 2.53. The molecule has 1 fully saturated rings. The zero-order valence-electron chi connectivity index (χ0n) is 13.2. The van der Waals surface area contributed by atoms with E-state index in [-0.39, 0.29) is 17.9 Å². The molecule has 2 unspecified atom stereocenters. The number of nitrogens with zero attached hydrogens (tertiary/aromatic N) is 2. The van der Waals surface area contributed by atoms with E-state index < -0.39 is 0 Å². The minimum Gasteiger partial charge on any atom is -0.481 e. The fourth-order valence-corrected chi connectivity index (χ4v) is 2.79. The van der Waals surface area contributed by atoms with Gasteiger partial charge in [-0.05, 0) is 24.8 Å². The number of ether oxygens (including phenoxy) is 2. The Kier molecular flexibility index (Phi) is 5.17. The lowest BCUT2D eigenvalue weighted by molar-refractivity contribution is -0.134. The van der Waals surface area contributed by atoms with E-state index in [1.165, 1.54) is 0 Å². The van der Waals surface area contributed by atoms with E-state index in [1.807, 2.05) is 6.07 Å². The summed E-state index contributed by atoms with van der Waals surface area (Å²) in [5.74, 6) is 0.897. The summed E-state index contributed by atoms with van der Waals surface area (Å²) in [6, 6.07) is 3.61. The highest BCUT2D eigenvalue weighted by molar-refractivity contribution is 5.94. The van der Waals surface area contributed by atoms with Gasteiger partial charge in [-0.1, -0.05) is 13.8 Å². The minimum atomic E-state index is -0.0779. The fourth-order valence-electron chi connectivity index (χ4n) is 2.79. The Labute approximate surface area is 126 Å². The number of methoxy groups -OCH3 is 1. The molecule has 1 amide bonds. The van der Waals surface area contributed by atoms with Crippen molar-refractivity contribution in [1.29, 1.82) is 0 Å². The summed E-state index contributed by atoms with van der Waals surface area (Å²) in [5.41, 5.74) is 0.772. The predicted octanol–water partition coefficient (Wildman–Crippen LogP) is 2.50. The van der Waals surface area contributed by atoms with Crippen LogP contribution >= 0.6 is 0 Å². The molecule has 5 nitrogen and oxygen atoms in total. The maximum absolute atomic E-state index is 12.8. The van der Waals surface area contributed by atoms with Crippen molar-refractivity contribution in [2.45, 2.75) is 32.8 Å². The first-order valence-corrected chi connectivity index (χ1v) is 7.43. The Bertz CT molecular complexity index is 473. The molecule has 5 heteroatoms. The predicted molar refractivity (Wildman–Crippen MR) is 81.5 cm³/mol. The summed E-state index contributed by atoms with van der Waals surface area (Å²) in [6.07, 6.45) is 3.48. The van der Waals surface area contributed by atoms with Crippen LogP contribution in [0, 0.1) is 11.8 Å². The van der Waals surface area contributed by atoms with Crippen molar-refractivity contribution >= 4 is 11.6 Å². The quantitative estimate of drug-likeness (QED) is 0.855. The highest BCUT2D eigenvalue weighted by Crippen LogP contribution is 2.29. The Morgan fingerprint density at radius 3 is 2.81 bits per heavy atom. The molecule has 0 spiro atoms. The van der Waals surface area contributed by atoms with Gasteiger partial charge in [0.05, 0.1) is 31.0 Å². The lowest BCUT2D eigenvalue weighted by Crippen LogP contribution is -2.44. The summed E-state index contributed by atoms with van der Waals surface area (Å²) in [6.45, 7) is 4.96. The minimum absolute atomic E-state index is 0.0000856. The molecule has 0 radical (unpaired) electrons. The summed E-state index contributed by atoms with van der Waals surface area (Å²) in [7, 11) is 3.36. The van der Waals surface area contributed by atoms with Crippen LogP contribution in [-0.2, 0) is 9.53 Å². The van der Waals surface area contributed by atoms with E-state index in [0.717, 1.165) is 25.1 Å². The van der Waals surface area contributed by atoms with Crippen molar-refractivity contribution in [3.8, 4) is 5.88 Å². The molecule has 116 valence electrons. The second-order valence-electron chi connectivity index (χ2n) is 5.78. The van der Waals surface area contributed by atoms with Crippen LogP contribution in [0.4, 0.5) is 5.69 Å². The number of anilines is 1. The molecule has 1 aliphatic rings. The molecule has 1 aromatic rings. The molecule has 1 saturated heterocycles. The van der Waals surface area contributed by atoms with Crippen molar-refractivity contribution < 1.29 is 14.3 Å². The van der Waals surface area contributed by atoms with E-state index in [4.69, 9.17) is 9.47 Å². The topological polar surface area (TPSA) is 51.7 Å².